The number of hydrogen-bond donors (Lipinski definition) is 0. The van der Waals surface area contributed by atoms with Crippen LogP contribution in [-0.2, 0) is 0 Å². The van der Waals surface area contributed by atoms with Gasteiger partial charge in [-0.1, -0.05) is 6.92 Å². The molecule has 1 fully saturated rings. The van der Waals surface area contributed by atoms with Gasteiger partial charge in [-0.2, -0.15) is 10.4 Å². The van der Waals surface area contributed by atoms with E-state index in [-0.39, 0.29) is 0 Å². The maximum absolute atomic E-state index is 8.99. The third kappa shape index (κ3) is 1.78. The molecule has 0 saturated carbocycles. The zero-order valence-electron chi connectivity index (χ0n) is 9.01. The molecule has 4 heteroatoms. The molecule has 1 saturated heterocycles. The van der Waals surface area contributed by atoms with Crippen molar-refractivity contribution >= 4 is 5.82 Å². The molecule has 15 heavy (non-hydrogen) atoms. The summed E-state index contributed by atoms with van der Waals surface area (Å²) in [5, 5.41) is 16.9. The van der Waals surface area contributed by atoms with E-state index in [4.69, 9.17) is 5.26 Å². The smallest absolute Gasteiger partial charge is 0.169 e. The van der Waals surface area contributed by atoms with E-state index < -0.39 is 0 Å². The summed E-state index contributed by atoms with van der Waals surface area (Å²) < 4.78 is 0. The van der Waals surface area contributed by atoms with Gasteiger partial charge in [-0.3, -0.25) is 0 Å². The standard InChI is InChI=1S/C11H14N4/c1-8-5-9(2)15(7-8)11-10(6-12)3-4-13-14-11/h3-4,8-9H,5,7H2,1-2H3. The number of nitriles is 1. The molecule has 1 aliphatic rings. The van der Waals surface area contributed by atoms with Gasteiger partial charge < -0.3 is 4.90 Å². The van der Waals surface area contributed by atoms with Crippen LogP contribution < -0.4 is 4.90 Å². The fourth-order valence-electron chi connectivity index (χ4n) is 2.22. The first-order valence-corrected chi connectivity index (χ1v) is 5.20. The first kappa shape index (κ1) is 9.91. The van der Waals surface area contributed by atoms with Gasteiger partial charge in [-0.15, -0.1) is 5.10 Å². The van der Waals surface area contributed by atoms with Crippen LogP contribution in [0.3, 0.4) is 0 Å². The van der Waals surface area contributed by atoms with Crippen molar-refractivity contribution in [3.63, 3.8) is 0 Å². The van der Waals surface area contributed by atoms with E-state index in [9.17, 15) is 0 Å². The summed E-state index contributed by atoms with van der Waals surface area (Å²) in [7, 11) is 0. The average molecular weight is 202 g/mol. The van der Waals surface area contributed by atoms with Crippen molar-refractivity contribution in [2.75, 3.05) is 11.4 Å². The highest BCUT2D eigenvalue weighted by Gasteiger charge is 2.28. The van der Waals surface area contributed by atoms with Gasteiger partial charge in [0, 0.05) is 12.6 Å². The van der Waals surface area contributed by atoms with Gasteiger partial charge in [0.05, 0.1) is 11.8 Å². The molecule has 0 aromatic carbocycles. The summed E-state index contributed by atoms with van der Waals surface area (Å²) in [6.45, 7) is 5.35. The molecule has 2 atom stereocenters. The zero-order chi connectivity index (χ0) is 10.8. The zero-order valence-corrected chi connectivity index (χ0v) is 9.01. The first-order valence-electron chi connectivity index (χ1n) is 5.20. The van der Waals surface area contributed by atoms with Crippen molar-refractivity contribution < 1.29 is 0 Å². The Balaban J connectivity index is 2.34. The van der Waals surface area contributed by atoms with Gasteiger partial charge in [0.25, 0.3) is 0 Å². The summed E-state index contributed by atoms with van der Waals surface area (Å²) in [6.07, 6.45) is 2.72. The van der Waals surface area contributed by atoms with E-state index in [2.05, 4.69) is 35.0 Å². The second-order valence-electron chi connectivity index (χ2n) is 4.22. The van der Waals surface area contributed by atoms with Crippen LogP contribution in [0.4, 0.5) is 5.82 Å². The van der Waals surface area contributed by atoms with Crippen molar-refractivity contribution in [2.24, 2.45) is 5.92 Å². The van der Waals surface area contributed by atoms with Crippen LogP contribution in [-0.4, -0.2) is 22.8 Å². The Morgan fingerprint density at radius 1 is 1.53 bits per heavy atom. The van der Waals surface area contributed by atoms with Crippen molar-refractivity contribution in [1.82, 2.24) is 10.2 Å². The highest BCUT2D eigenvalue weighted by atomic mass is 15.3. The van der Waals surface area contributed by atoms with E-state index >= 15 is 0 Å². The highest BCUT2D eigenvalue weighted by Crippen LogP contribution is 2.28. The molecular weight excluding hydrogens is 188 g/mol. The Hall–Kier alpha value is -1.63. The SMILES string of the molecule is CC1CC(C)N(c2nnccc2C#N)C1. The van der Waals surface area contributed by atoms with E-state index in [1.54, 1.807) is 12.3 Å². The predicted octanol–water partition coefficient (Wildman–Crippen LogP) is 1.58. The third-order valence-electron chi connectivity index (χ3n) is 2.88. The first-order chi connectivity index (χ1) is 7.22. The lowest BCUT2D eigenvalue weighted by Crippen LogP contribution is -2.28. The monoisotopic (exact) mass is 202 g/mol. The van der Waals surface area contributed by atoms with E-state index in [0.717, 1.165) is 18.8 Å². The number of rotatable bonds is 1. The Morgan fingerprint density at radius 2 is 2.33 bits per heavy atom. The molecule has 0 radical (unpaired) electrons. The Kier molecular flexibility index (Phi) is 2.55. The quantitative estimate of drug-likeness (QED) is 0.693. The molecule has 0 spiro atoms. The molecule has 0 amide bonds. The normalized spacial score (nSPS) is 25.3. The molecule has 0 bridgehead atoms. The minimum absolute atomic E-state index is 0.448. The molecule has 1 aliphatic heterocycles. The fourth-order valence-corrected chi connectivity index (χ4v) is 2.22. The van der Waals surface area contributed by atoms with Gasteiger partial charge in [0.2, 0.25) is 0 Å². The lowest BCUT2D eigenvalue weighted by molar-refractivity contribution is 0.625. The molecule has 2 rings (SSSR count). The molecule has 0 N–H and O–H groups in total. The van der Waals surface area contributed by atoms with Crippen molar-refractivity contribution in [3.05, 3.63) is 17.8 Å². The molecule has 1 aromatic rings. The largest absolute Gasteiger partial charge is 0.351 e. The fraction of sp³-hybridized carbons (Fsp3) is 0.545. The predicted molar refractivity (Wildman–Crippen MR) is 57.3 cm³/mol. The molecule has 2 heterocycles. The lowest BCUT2D eigenvalue weighted by Gasteiger charge is -2.22. The van der Waals surface area contributed by atoms with E-state index in [1.807, 2.05) is 0 Å². The van der Waals surface area contributed by atoms with Crippen LogP contribution in [0.25, 0.3) is 0 Å². The second-order valence-corrected chi connectivity index (χ2v) is 4.22. The van der Waals surface area contributed by atoms with Crippen molar-refractivity contribution in [3.8, 4) is 6.07 Å². The Morgan fingerprint density at radius 3 is 2.93 bits per heavy atom. The van der Waals surface area contributed by atoms with Gasteiger partial charge in [-0.25, -0.2) is 0 Å². The molecule has 4 nitrogen and oxygen atoms in total. The number of nitrogens with zero attached hydrogens (tertiary/aromatic N) is 4. The topological polar surface area (TPSA) is 52.8 Å². The Bertz CT molecular complexity index is 396. The van der Waals surface area contributed by atoms with Crippen LogP contribution in [0.15, 0.2) is 12.3 Å². The summed E-state index contributed by atoms with van der Waals surface area (Å²) >= 11 is 0. The minimum Gasteiger partial charge on any atom is -0.351 e. The highest BCUT2D eigenvalue weighted by molar-refractivity contribution is 5.53. The number of anilines is 1. The number of aromatic nitrogens is 2. The summed E-state index contributed by atoms with van der Waals surface area (Å²) in [5.41, 5.74) is 0.617. The van der Waals surface area contributed by atoms with Crippen molar-refractivity contribution in [1.29, 1.82) is 5.26 Å². The molecule has 0 aliphatic carbocycles. The van der Waals surface area contributed by atoms with Crippen LogP contribution in [0.1, 0.15) is 25.8 Å². The van der Waals surface area contributed by atoms with E-state index in [0.29, 0.717) is 17.5 Å². The average Bonchev–Trinajstić information content (AvgIpc) is 2.57. The molecule has 78 valence electrons. The summed E-state index contributed by atoms with van der Waals surface area (Å²) in [5.74, 6) is 1.39. The van der Waals surface area contributed by atoms with Crippen LogP contribution in [0.2, 0.25) is 0 Å². The lowest BCUT2D eigenvalue weighted by atomic mass is 10.1. The summed E-state index contributed by atoms with van der Waals surface area (Å²) in [4.78, 5) is 2.18. The maximum Gasteiger partial charge on any atom is 0.169 e. The summed E-state index contributed by atoms with van der Waals surface area (Å²) in [6, 6.07) is 4.33. The number of hydrogen-bond acceptors (Lipinski definition) is 4. The van der Waals surface area contributed by atoms with Gasteiger partial charge in [-0.05, 0) is 25.3 Å². The molecule has 2 unspecified atom stereocenters. The van der Waals surface area contributed by atoms with Gasteiger partial charge >= 0.3 is 0 Å². The van der Waals surface area contributed by atoms with Crippen LogP contribution >= 0.6 is 0 Å². The molecule has 1 aromatic heterocycles. The van der Waals surface area contributed by atoms with Gasteiger partial charge in [0.15, 0.2) is 5.82 Å². The van der Waals surface area contributed by atoms with Crippen molar-refractivity contribution in [2.45, 2.75) is 26.3 Å². The third-order valence-corrected chi connectivity index (χ3v) is 2.88. The Labute approximate surface area is 89.5 Å². The maximum atomic E-state index is 8.99. The van der Waals surface area contributed by atoms with Crippen LogP contribution in [0.5, 0.6) is 0 Å². The second kappa shape index (κ2) is 3.85. The van der Waals surface area contributed by atoms with Crippen LogP contribution in [0, 0.1) is 17.2 Å². The minimum atomic E-state index is 0.448. The van der Waals surface area contributed by atoms with Gasteiger partial charge in [0.1, 0.15) is 6.07 Å². The molecular formula is C11H14N4. The van der Waals surface area contributed by atoms with E-state index in [1.165, 1.54) is 0 Å².